The minimum atomic E-state index is 0.602. The van der Waals surface area contributed by atoms with Crippen molar-refractivity contribution in [2.45, 2.75) is 51.0 Å². The Labute approximate surface area is 96.8 Å². The second kappa shape index (κ2) is 4.21. The molecule has 1 fully saturated rings. The first kappa shape index (κ1) is 10.3. The van der Waals surface area contributed by atoms with Gasteiger partial charge in [-0.3, -0.25) is 4.90 Å². The molecule has 0 aromatic carbocycles. The van der Waals surface area contributed by atoms with Crippen LogP contribution in [0.15, 0.2) is 4.42 Å². The van der Waals surface area contributed by atoms with Gasteiger partial charge in [0.2, 0.25) is 0 Å². The van der Waals surface area contributed by atoms with Crippen LogP contribution in [0.4, 0.5) is 0 Å². The Morgan fingerprint density at radius 3 is 2.88 bits per heavy atom. The van der Waals surface area contributed by atoms with Gasteiger partial charge in [0.25, 0.3) is 0 Å². The highest BCUT2D eigenvalue weighted by atomic mass is 16.4. The average molecular weight is 220 g/mol. The SMILES string of the molecule is CN1CCc2oc(C3CCCCC3)nc2C1. The third kappa shape index (κ3) is 1.88. The lowest BCUT2D eigenvalue weighted by Gasteiger charge is -2.19. The lowest BCUT2D eigenvalue weighted by Crippen LogP contribution is -2.25. The van der Waals surface area contributed by atoms with Crippen LogP contribution in [0.2, 0.25) is 0 Å². The number of nitrogens with zero attached hydrogens (tertiary/aromatic N) is 2. The molecule has 0 spiro atoms. The average Bonchev–Trinajstić information content (AvgIpc) is 2.73. The molecular weight excluding hydrogens is 200 g/mol. The molecule has 3 nitrogen and oxygen atoms in total. The molecule has 16 heavy (non-hydrogen) atoms. The van der Waals surface area contributed by atoms with Crippen LogP contribution in [0.5, 0.6) is 0 Å². The van der Waals surface area contributed by atoms with Crippen molar-refractivity contribution in [3.8, 4) is 0 Å². The molecule has 1 saturated carbocycles. The Bertz CT molecular complexity index is 366. The molecule has 3 rings (SSSR count). The van der Waals surface area contributed by atoms with Crippen molar-refractivity contribution in [2.24, 2.45) is 0 Å². The Kier molecular flexibility index (Phi) is 2.72. The van der Waals surface area contributed by atoms with Gasteiger partial charge in [-0.2, -0.15) is 0 Å². The molecule has 88 valence electrons. The summed E-state index contributed by atoms with van der Waals surface area (Å²) in [6, 6.07) is 0. The van der Waals surface area contributed by atoms with E-state index in [4.69, 9.17) is 9.40 Å². The van der Waals surface area contributed by atoms with Gasteiger partial charge in [-0.1, -0.05) is 19.3 Å². The predicted octanol–water partition coefficient (Wildman–Crippen LogP) is 2.71. The van der Waals surface area contributed by atoms with Crippen LogP contribution in [0.25, 0.3) is 0 Å². The smallest absolute Gasteiger partial charge is 0.197 e. The highest BCUT2D eigenvalue weighted by molar-refractivity contribution is 5.15. The number of hydrogen-bond donors (Lipinski definition) is 0. The second-order valence-corrected chi connectivity index (χ2v) is 5.24. The number of oxazole rings is 1. The quantitative estimate of drug-likeness (QED) is 0.728. The van der Waals surface area contributed by atoms with Gasteiger partial charge in [-0.05, 0) is 19.9 Å². The maximum Gasteiger partial charge on any atom is 0.197 e. The molecule has 2 aliphatic rings. The zero-order chi connectivity index (χ0) is 11.0. The third-order valence-electron chi connectivity index (χ3n) is 3.89. The minimum absolute atomic E-state index is 0.602. The highest BCUT2D eigenvalue weighted by Gasteiger charge is 2.25. The van der Waals surface area contributed by atoms with E-state index in [0.29, 0.717) is 5.92 Å². The third-order valence-corrected chi connectivity index (χ3v) is 3.89. The zero-order valence-corrected chi connectivity index (χ0v) is 10.0. The molecule has 0 unspecified atom stereocenters. The molecule has 2 heterocycles. The molecule has 0 N–H and O–H groups in total. The number of fused-ring (bicyclic) bond motifs is 1. The summed E-state index contributed by atoms with van der Waals surface area (Å²) in [7, 11) is 2.15. The van der Waals surface area contributed by atoms with E-state index in [9.17, 15) is 0 Å². The Balaban J connectivity index is 1.80. The Hall–Kier alpha value is -0.830. The molecule has 0 radical (unpaired) electrons. The van der Waals surface area contributed by atoms with E-state index in [2.05, 4.69) is 11.9 Å². The van der Waals surface area contributed by atoms with Gasteiger partial charge < -0.3 is 4.42 Å². The van der Waals surface area contributed by atoms with E-state index in [1.807, 2.05) is 0 Å². The van der Waals surface area contributed by atoms with Crippen molar-refractivity contribution in [3.63, 3.8) is 0 Å². The molecule has 1 aliphatic heterocycles. The van der Waals surface area contributed by atoms with Crippen molar-refractivity contribution >= 4 is 0 Å². The van der Waals surface area contributed by atoms with Crippen molar-refractivity contribution in [1.29, 1.82) is 0 Å². The van der Waals surface area contributed by atoms with Gasteiger partial charge >= 0.3 is 0 Å². The largest absolute Gasteiger partial charge is 0.445 e. The lowest BCUT2D eigenvalue weighted by atomic mass is 9.89. The molecule has 0 saturated heterocycles. The van der Waals surface area contributed by atoms with Crippen molar-refractivity contribution in [2.75, 3.05) is 13.6 Å². The van der Waals surface area contributed by atoms with E-state index in [1.165, 1.54) is 37.8 Å². The lowest BCUT2D eigenvalue weighted by molar-refractivity contribution is 0.286. The fraction of sp³-hybridized carbons (Fsp3) is 0.769. The van der Waals surface area contributed by atoms with E-state index in [1.54, 1.807) is 0 Å². The highest BCUT2D eigenvalue weighted by Crippen LogP contribution is 2.33. The van der Waals surface area contributed by atoms with Gasteiger partial charge in [0, 0.05) is 25.4 Å². The Morgan fingerprint density at radius 1 is 1.25 bits per heavy atom. The molecule has 1 aromatic heterocycles. The molecule has 1 aromatic rings. The standard InChI is InChI=1S/C13H20N2O/c1-15-8-7-12-11(9-15)14-13(16-12)10-5-3-2-4-6-10/h10H,2-9H2,1H3. The first-order chi connectivity index (χ1) is 7.83. The topological polar surface area (TPSA) is 29.3 Å². The van der Waals surface area contributed by atoms with Crippen molar-refractivity contribution in [3.05, 3.63) is 17.3 Å². The first-order valence-electron chi connectivity index (χ1n) is 6.50. The van der Waals surface area contributed by atoms with E-state index in [0.717, 1.165) is 31.2 Å². The van der Waals surface area contributed by atoms with E-state index < -0.39 is 0 Å². The summed E-state index contributed by atoms with van der Waals surface area (Å²) >= 11 is 0. The molecular formula is C13H20N2O. The fourth-order valence-electron chi connectivity index (χ4n) is 2.87. The van der Waals surface area contributed by atoms with Crippen LogP contribution < -0.4 is 0 Å². The van der Waals surface area contributed by atoms with Crippen LogP contribution in [0, 0.1) is 0 Å². The number of likely N-dealkylation sites (N-methyl/N-ethyl adjacent to an activating group) is 1. The summed E-state index contributed by atoms with van der Waals surface area (Å²) in [5, 5.41) is 0. The van der Waals surface area contributed by atoms with Crippen molar-refractivity contribution < 1.29 is 4.42 Å². The van der Waals surface area contributed by atoms with E-state index >= 15 is 0 Å². The summed E-state index contributed by atoms with van der Waals surface area (Å²) in [4.78, 5) is 7.03. The predicted molar refractivity (Wildman–Crippen MR) is 62.4 cm³/mol. The molecule has 0 bridgehead atoms. The van der Waals surface area contributed by atoms with Gasteiger partial charge in [0.1, 0.15) is 5.76 Å². The number of rotatable bonds is 1. The van der Waals surface area contributed by atoms with Gasteiger partial charge in [0.15, 0.2) is 5.89 Å². The minimum Gasteiger partial charge on any atom is -0.445 e. The van der Waals surface area contributed by atoms with Crippen molar-refractivity contribution in [1.82, 2.24) is 9.88 Å². The van der Waals surface area contributed by atoms with Crippen LogP contribution in [0.3, 0.4) is 0 Å². The normalized spacial score (nSPS) is 23.3. The summed E-state index contributed by atoms with van der Waals surface area (Å²) in [5.41, 5.74) is 1.19. The summed E-state index contributed by atoms with van der Waals surface area (Å²) in [6.07, 6.45) is 7.66. The maximum atomic E-state index is 5.96. The van der Waals surface area contributed by atoms with Crippen LogP contribution >= 0.6 is 0 Å². The van der Waals surface area contributed by atoms with Crippen LogP contribution in [0.1, 0.15) is 55.4 Å². The molecule has 0 atom stereocenters. The number of hydrogen-bond acceptors (Lipinski definition) is 3. The fourth-order valence-corrected chi connectivity index (χ4v) is 2.87. The van der Waals surface area contributed by atoms with Crippen LogP contribution in [-0.4, -0.2) is 23.5 Å². The second-order valence-electron chi connectivity index (χ2n) is 5.24. The summed E-state index contributed by atoms with van der Waals surface area (Å²) in [5.74, 6) is 2.78. The number of aromatic nitrogens is 1. The van der Waals surface area contributed by atoms with Gasteiger partial charge in [-0.25, -0.2) is 4.98 Å². The first-order valence-corrected chi connectivity index (χ1v) is 6.50. The molecule has 3 heteroatoms. The molecule has 1 aliphatic carbocycles. The van der Waals surface area contributed by atoms with Gasteiger partial charge in [-0.15, -0.1) is 0 Å². The zero-order valence-electron chi connectivity index (χ0n) is 10.0. The maximum absolute atomic E-state index is 5.96. The summed E-state index contributed by atoms with van der Waals surface area (Å²) in [6.45, 7) is 2.07. The van der Waals surface area contributed by atoms with Gasteiger partial charge in [0.05, 0.1) is 5.69 Å². The Morgan fingerprint density at radius 2 is 2.06 bits per heavy atom. The van der Waals surface area contributed by atoms with E-state index in [-0.39, 0.29) is 0 Å². The van der Waals surface area contributed by atoms with Crippen LogP contribution in [-0.2, 0) is 13.0 Å². The monoisotopic (exact) mass is 220 g/mol. The summed E-state index contributed by atoms with van der Waals surface area (Å²) < 4.78 is 5.96. The molecule has 0 amide bonds.